The summed E-state index contributed by atoms with van der Waals surface area (Å²) in [4.78, 5) is 22.7. The smallest absolute Gasteiger partial charge is 0.258 e. The Balaban J connectivity index is 1.37. The summed E-state index contributed by atoms with van der Waals surface area (Å²) in [7, 11) is 0. The minimum absolute atomic E-state index is 0.0203. The molecule has 0 bridgehead atoms. The molecule has 1 fully saturated rings. The number of rotatable bonds is 3. The first-order valence-corrected chi connectivity index (χ1v) is 8.72. The molecule has 1 saturated heterocycles. The number of carbonyl (C=O) groups is 1. The predicted molar refractivity (Wildman–Crippen MR) is 94.7 cm³/mol. The summed E-state index contributed by atoms with van der Waals surface area (Å²) in [6.07, 6.45) is 3.67. The molecule has 2 aromatic heterocycles. The van der Waals surface area contributed by atoms with E-state index in [2.05, 4.69) is 15.1 Å². The number of benzene rings is 1. The van der Waals surface area contributed by atoms with E-state index in [4.69, 9.17) is 14.0 Å². The molecule has 0 N–H and O–H groups in total. The third-order valence-corrected chi connectivity index (χ3v) is 4.70. The Bertz CT molecular complexity index is 988. The van der Waals surface area contributed by atoms with Gasteiger partial charge in [-0.3, -0.25) is 9.78 Å². The van der Waals surface area contributed by atoms with Crippen molar-refractivity contribution >= 4 is 11.6 Å². The first kappa shape index (κ1) is 15.8. The van der Waals surface area contributed by atoms with Gasteiger partial charge in [0.25, 0.3) is 5.89 Å². The minimum atomic E-state index is -0.120. The molecule has 4 heterocycles. The second-order valence-corrected chi connectivity index (χ2v) is 6.43. The minimum Gasteiger partial charge on any atom is -0.486 e. The quantitative estimate of drug-likeness (QED) is 0.705. The number of amides is 1. The molecular formula is C19H16N4O4. The molecule has 0 aliphatic carbocycles. The van der Waals surface area contributed by atoms with Crippen LogP contribution in [0.5, 0.6) is 11.5 Å². The fourth-order valence-electron chi connectivity index (χ4n) is 3.34. The van der Waals surface area contributed by atoms with Crippen molar-refractivity contribution in [3.8, 4) is 23.0 Å². The van der Waals surface area contributed by atoms with Gasteiger partial charge in [-0.25, -0.2) is 0 Å². The summed E-state index contributed by atoms with van der Waals surface area (Å²) >= 11 is 0. The van der Waals surface area contributed by atoms with E-state index in [-0.39, 0.29) is 11.8 Å². The number of pyridine rings is 1. The zero-order chi connectivity index (χ0) is 18.2. The average molecular weight is 364 g/mol. The van der Waals surface area contributed by atoms with E-state index in [1.54, 1.807) is 29.4 Å². The lowest BCUT2D eigenvalue weighted by Crippen LogP contribution is -2.25. The van der Waals surface area contributed by atoms with Crippen molar-refractivity contribution in [1.82, 2.24) is 15.1 Å². The van der Waals surface area contributed by atoms with E-state index < -0.39 is 0 Å². The largest absolute Gasteiger partial charge is 0.486 e. The van der Waals surface area contributed by atoms with E-state index in [0.29, 0.717) is 49.4 Å². The lowest BCUT2D eigenvalue weighted by atomic mass is 10.1. The standard InChI is InChI=1S/C19H16N4O4/c24-17-9-13(18-21-19(27-22-18)12-3-5-20-6-4-12)11-23(17)14-1-2-15-16(10-14)26-8-7-25-15/h1-6,10,13H,7-9,11H2. The number of fused-ring (bicyclic) bond motifs is 1. The Morgan fingerprint density at radius 2 is 1.85 bits per heavy atom. The molecule has 136 valence electrons. The lowest BCUT2D eigenvalue weighted by molar-refractivity contribution is -0.117. The van der Waals surface area contributed by atoms with Crippen LogP contribution in [0.2, 0.25) is 0 Å². The van der Waals surface area contributed by atoms with E-state index in [9.17, 15) is 4.79 Å². The van der Waals surface area contributed by atoms with Gasteiger partial charge in [-0.1, -0.05) is 5.16 Å². The maximum Gasteiger partial charge on any atom is 0.258 e. The van der Waals surface area contributed by atoms with Crippen LogP contribution in [-0.4, -0.2) is 40.8 Å². The zero-order valence-corrected chi connectivity index (χ0v) is 14.4. The number of ether oxygens (including phenoxy) is 2. The predicted octanol–water partition coefficient (Wildman–Crippen LogP) is 2.42. The fourth-order valence-corrected chi connectivity index (χ4v) is 3.34. The Morgan fingerprint density at radius 3 is 2.70 bits per heavy atom. The first-order chi connectivity index (χ1) is 13.3. The van der Waals surface area contributed by atoms with Gasteiger partial charge >= 0.3 is 0 Å². The van der Waals surface area contributed by atoms with Crippen molar-refractivity contribution in [2.45, 2.75) is 12.3 Å². The van der Waals surface area contributed by atoms with E-state index >= 15 is 0 Å². The maximum atomic E-state index is 12.6. The van der Waals surface area contributed by atoms with Crippen molar-refractivity contribution in [3.63, 3.8) is 0 Å². The number of carbonyl (C=O) groups excluding carboxylic acids is 1. The zero-order valence-electron chi connectivity index (χ0n) is 14.4. The second-order valence-electron chi connectivity index (χ2n) is 6.43. The van der Waals surface area contributed by atoms with Gasteiger partial charge in [0.15, 0.2) is 17.3 Å². The Hall–Kier alpha value is -3.42. The van der Waals surface area contributed by atoms with Gasteiger partial charge < -0.3 is 18.9 Å². The van der Waals surface area contributed by atoms with Crippen molar-refractivity contribution < 1.29 is 18.8 Å². The fraction of sp³-hybridized carbons (Fsp3) is 0.263. The molecule has 3 aromatic rings. The lowest BCUT2D eigenvalue weighted by Gasteiger charge is -2.22. The third kappa shape index (κ3) is 2.88. The SMILES string of the molecule is O=C1CC(c2noc(-c3ccncc3)n2)CN1c1ccc2c(c1)OCCO2. The van der Waals surface area contributed by atoms with Gasteiger partial charge in [0.05, 0.1) is 0 Å². The summed E-state index contributed by atoms with van der Waals surface area (Å²) < 4.78 is 16.5. The molecule has 8 nitrogen and oxygen atoms in total. The van der Waals surface area contributed by atoms with E-state index in [0.717, 1.165) is 11.3 Å². The van der Waals surface area contributed by atoms with Crippen LogP contribution < -0.4 is 14.4 Å². The molecule has 1 amide bonds. The van der Waals surface area contributed by atoms with Gasteiger partial charge in [0.2, 0.25) is 5.91 Å². The van der Waals surface area contributed by atoms with Crippen molar-refractivity contribution in [1.29, 1.82) is 0 Å². The molecule has 1 aromatic carbocycles. The van der Waals surface area contributed by atoms with Gasteiger partial charge in [-0.15, -0.1) is 0 Å². The number of nitrogens with zero attached hydrogens (tertiary/aromatic N) is 4. The molecule has 1 unspecified atom stereocenters. The van der Waals surface area contributed by atoms with Gasteiger partial charge in [-0.2, -0.15) is 4.98 Å². The molecule has 2 aliphatic heterocycles. The van der Waals surface area contributed by atoms with Crippen LogP contribution in [0.15, 0.2) is 47.2 Å². The van der Waals surface area contributed by atoms with Crippen LogP contribution >= 0.6 is 0 Å². The highest BCUT2D eigenvalue weighted by Crippen LogP contribution is 2.37. The summed E-state index contributed by atoms with van der Waals surface area (Å²) in [5, 5.41) is 4.08. The van der Waals surface area contributed by atoms with Crippen LogP contribution in [0.25, 0.3) is 11.5 Å². The van der Waals surface area contributed by atoms with Crippen molar-refractivity contribution in [2.75, 3.05) is 24.7 Å². The van der Waals surface area contributed by atoms with Crippen LogP contribution in [0.3, 0.4) is 0 Å². The monoisotopic (exact) mass is 364 g/mol. The Labute approximate surface area is 154 Å². The molecule has 0 spiro atoms. The van der Waals surface area contributed by atoms with E-state index in [1.807, 2.05) is 18.2 Å². The molecule has 1 atom stereocenters. The number of hydrogen-bond donors (Lipinski definition) is 0. The maximum absolute atomic E-state index is 12.6. The highest BCUT2D eigenvalue weighted by Gasteiger charge is 2.35. The first-order valence-electron chi connectivity index (χ1n) is 8.72. The van der Waals surface area contributed by atoms with Crippen molar-refractivity contribution in [2.24, 2.45) is 0 Å². The van der Waals surface area contributed by atoms with Gasteiger partial charge in [-0.05, 0) is 24.3 Å². The van der Waals surface area contributed by atoms with Crippen LogP contribution in [0.4, 0.5) is 5.69 Å². The second kappa shape index (κ2) is 6.39. The Morgan fingerprint density at radius 1 is 1.04 bits per heavy atom. The highest BCUT2D eigenvalue weighted by molar-refractivity contribution is 5.96. The molecule has 5 rings (SSSR count). The highest BCUT2D eigenvalue weighted by atomic mass is 16.6. The van der Waals surface area contributed by atoms with E-state index in [1.165, 1.54) is 0 Å². The number of aromatic nitrogens is 3. The number of hydrogen-bond acceptors (Lipinski definition) is 7. The molecule has 8 heteroatoms. The van der Waals surface area contributed by atoms with Gasteiger partial charge in [0.1, 0.15) is 13.2 Å². The normalized spacial score (nSPS) is 18.7. The van der Waals surface area contributed by atoms with Crippen LogP contribution in [0.1, 0.15) is 18.2 Å². The molecule has 2 aliphatic rings. The van der Waals surface area contributed by atoms with Crippen LogP contribution in [0, 0.1) is 0 Å². The topological polar surface area (TPSA) is 90.6 Å². The summed E-state index contributed by atoms with van der Waals surface area (Å²) in [5.74, 6) is 2.23. The molecular weight excluding hydrogens is 348 g/mol. The molecule has 27 heavy (non-hydrogen) atoms. The summed E-state index contributed by atoms with van der Waals surface area (Å²) in [6, 6.07) is 9.15. The summed E-state index contributed by atoms with van der Waals surface area (Å²) in [6.45, 7) is 1.54. The molecule has 0 saturated carbocycles. The van der Waals surface area contributed by atoms with Gasteiger partial charge in [0, 0.05) is 48.6 Å². The average Bonchev–Trinajstić information content (AvgIpc) is 3.35. The van der Waals surface area contributed by atoms with Crippen molar-refractivity contribution in [3.05, 3.63) is 48.5 Å². The number of anilines is 1. The Kier molecular flexibility index (Phi) is 3.74. The molecule has 0 radical (unpaired) electrons. The van der Waals surface area contributed by atoms with Crippen LogP contribution in [-0.2, 0) is 4.79 Å². The summed E-state index contributed by atoms with van der Waals surface area (Å²) in [5.41, 5.74) is 1.58. The third-order valence-electron chi connectivity index (χ3n) is 4.70.